The second-order valence-corrected chi connectivity index (χ2v) is 8.44. The summed E-state index contributed by atoms with van der Waals surface area (Å²) in [6.45, 7) is 3.53. The van der Waals surface area contributed by atoms with Gasteiger partial charge in [0.15, 0.2) is 0 Å². The Morgan fingerprint density at radius 3 is 2.49 bits per heavy atom. The summed E-state index contributed by atoms with van der Waals surface area (Å²) >= 11 is 0. The molecule has 1 aromatic heterocycles. The van der Waals surface area contributed by atoms with Crippen molar-refractivity contribution in [2.45, 2.75) is 39.3 Å². The van der Waals surface area contributed by atoms with E-state index in [9.17, 15) is 23.9 Å². The lowest BCUT2D eigenvalue weighted by atomic mass is 9.98. The van der Waals surface area contributed by atoms with Gasteiger partial charge < -0.3 is 21.5 Å². The fourth-order valence-electron chi connectivity index (χ4n) is 4.28. The number of rotatable bonds is 6. The molecule has 4 rings (SSSR count). The first-order valence-corrected chi connectivity index (χ1v) is 11.0. The van der Waals surface area contributed by atoms with Gasteiger partial charge in [0, 0.05) is 12.6 Å². The number of hydrogen-bond donors (Lipinski definition) is 4. The second kappa shape index (κ2) is 9.49. The van der Waals surface area contributed by atoms with E-state index in [0.717, 1.165) is 11.1 Å². The Balaban J connectivity index is 1.48. The highest BCUT2D eigenvalue weighted by Gasteiger charge is 2.28. The summed E-state index contributed by atoms with van der Waals surface area (Å²) in [6, 6.07) is 8.70. The number of carboxylic acid groups (broad SMARTS) is 1. The third-order valence-electron chi connectivity index (χ3n) is 6.11. The number of aryl methyl sites for hydroxylation is 1. The Morgan fingerprint density at radius 1 is 1.09 bits per heavy atom. The summed E-state index contributed by atoms with van der Waals surface area (Å²) < 4.78 is 13.4. The SMILES string of the molecule is Cc1cc(CNC(=O)c2cc(C(=O)N[C@H]3CCc4c3ccc(C(=O)O)c4C)nc(N)n2)ccc1F. The molecule has 9 nitrogen and oxygen atoms in total. The molecule has 0 spiro atoms. The molecule has 5 N–H and O–H groups in total. The molecule has 1 heterocycles. The van der Waals surface area contributed by atoms with Crippen LogP contribution in [0, 0.1) is 19.7 Å². The average molecular weight is 477 g/mol. The number of benzene rings is 2. The van der Waals surface area contributed by atoms with Crippen molar-refractivity contribution in [2.24, 2.45) is 0 Å². The van der Waals surface area contributed by atoms with Crippen molar-refractivity contribution in [3.63, 3.8) is 0 Å². The van der Waals surface area contributed by atoms with Crippen LogP contribution >= 0.6 is 0 Å². The summed E-state index contributed by atoms with van der Waals surface area (Å²) in [5.41, 5.74) is 9.48. The molecule has 0 fully saturated rings. The van der Waals surface area contributed by atoms with E-state index in [2.05, 4.69) is 20.6 Å². The number of nitrogens with one attached hydrogen (secondary N) is 2. The van der Waals surface area contributed by atoms with Crippen molar-refractivity contribution >= 4 is 23.7 Å². The predicted octanol–water partition coefficient (Wildman–Crippen LogP) is 2.86. The van der Waals surface area contributed by atoms with E-state index < -0.39 is 17.8 Å². The molecule has 0 aliphatic heterocycles. The maximum atomic E-state index is 13.4. The quantitative estimate of drug-likeness (QED) is 0.427. The zero-order valence-electron chi connectivity index (χ0n) is 19.2. The standard InChI is InChI=1S/C25H24FN5O4/c1-12-9-14(3-7-18(12)26)11-28-22(32)20-10-21(31-25(27)30-20)23(33)29-19-8-6-15-13(2)16(24(34)35)4-5-17(15)19/h3-5,7,9-10,19H,6,8,11H2,1-2H3,(H,28,32)(H,29,33)(H,34,35)(H2,27,30,31)/t19-/m0/s1. The number of aromatic nitrogens is 2. The lowest BCUT2D eigenvalue weighted by molar-refractivity contribution is 0.0695. The number of amides is 2. The van der Waals surface area contributed by atoms with Crippen LogP contribution in [0.4, 0.5) is 10.3 Å². The Labute approximate surface area is 200 Å². The Hall–Kier alpha value is -4.34. The molecule has 3 aromatic rings. The fourth-order valence-corrected chi connectivity index (χ4v) is 4.28. The smallest absolute Gasteiger partial charge is 0.335 e. The zero-order valence-corrected chi connectivity index (χ0v) is 19.2. The molecular weight excluding hydrogens is 453 g/mol. The van der Waals surface area contributed by atoms with Gasteiger partial charge in [-0.15, -0.1) is 0 Å². The van der Waals surface area contributed by atoms with E-state index in [1.807, 2.05) is 0 Å². The maximum absolute atomic E-state index is 13.4. The zero-order chi connectivity index (χ0) is 25.3. The molecule has 0 radical (unpaired) electrons. The van der Waals surface area contributed by atoms with Gasteiger partial charge >= 0.3 is 5.97 Å². The molecular formula is C25H24FN5O4. The number of halogens is 1. The van der Waals surface area contributed by atoms with Gasteiger partial charge in [0.25, 0.3) is 11.8 Å². The van der Waals surface area contributed by atoms with Gasteiger partial charge in [-0.05, 0) is 66.6 Å². The first-order valence-electron chi connectivity index (χ1n) is 11.0. The molecule has 1 aliphatic carbocycles. The number of anilines is 1. The van der Waals surface area contributed by atoms with Crippen LogP contribution in [0.1, 0.15) is 71.6 Å². The minimum absolute atomic E-state index is 0.0624. The van der Waals surface area contributed by atoms with Crippen LogP contribution in [0.2, 0.25) is 0 Å². The number of carbonyl (C=O) groups excluding carboxylic acids is 2. The summed E-state index contributed by atoms with van der Waals surface area (Å²) in [5, 5.41) is 14.9. The normalized spacial score (nSPS) is 14.3. The first-order chi connectivity index (χ1) is 16.6. The summed E-state index contributed by atoms with van der Waals surface area (Å²) in [5.74, 6) is -2.64. The minimum Gasteiger partial charge on any atom is -0.478 e. The molecule has 0 unspecified atom stereocenters. The number of carboxylic acids is 1. The number of nitrogens with two attached hydrogens (primary N) is 1. The lowest BCUT2D eigenvalue weighted by Crippen LogP contribution is -2.30. The minimum atomic E-state index is -0.991. The van der Waals surface area contributed by atoms with Crippen molar-refractivity contribution < 1.29 is 23.9 Å². The van der Waals surface area contributed by atoms with Crippen LogP contribution in [0.3, 0.4) is 0 Å². The van der Waals surface area contributed by atoms with Crippen molar-refractivity contribution in [3.05, 3.63) is 87.0 Å². The van der Waals surface area contributed by atoms with E-state index in [-0.39, 0.29) is 41.3 Å². The number of carbonyl (C=O) groups is 3. The molecule has 0 saturated heterocycles. The molecule has 1 atom stereocenters. The van der Waals surface area contributed by atoms with Crippen molar-refractivity contribution in [2.75, 3.05) is 5.73 Å². The lowest BCUT2D eigenvalue weighted by Gasteiger charge is -2.15. The molecule has 180 valence electrons. The summed E-state index contributed by atoms with van der Waals surface area (Å²) in [7, 11) is 0. The number of nitrogen functional groups attached to an aromatic ring is 1. The van der Waals surface area contributed by atoms with Gasteiger partial charge in [-0.1, -0.05) is 18.2 Å². The largest absolute Gasteiger partial charge is 0.478 e. The van der Waals surface area contributed by atoms with Crippen LogP contribution in [-0.4, -0.2) is 32.9 Å². The van der Waals surface area contributed by atoms with Gasteiger partial charge in [-0.3, -0.25) is 9.59 Å². The molecule has 2 aromatic carbocycles. The number of hydrogen-bond acceptors (Lipinski definition) is 6. The van der Waals surface area contributed by atoms with Gasteiger partial charge in [0.1, 0.15) is 17.2 Å². The summed E-state index contributed by atoms with van der Waals surface area (Å²) in [4.78, 5) is 44.8. The highest BCUT2D eigenvalue weighted by molar-refractivity contribution is 5.98. The second-order valence-electron chi connectivity index (χ2n) is 8.44. The van der Waals surface area contributed by atoms with Gasteiger partial charge in [0.05, 0.1) is 11.6 Å². The predicted molar refractivity (Wildman–Crippen MR) is 125 cm³/mol. The van der Waals surface area contributed by atoms with Crippen LogP contribution in [0.5, 0.6) is 0 Å². The van der Waals surface area contributed by atoms with Crippen LogP contribution in [0.25, 0.3) is 0 Å². The topological polar surface area (TPSA) is 147 Å². The molecule has 35 heavy (non-hydrogen) atoms. The monoisotopic (exact) mass is 477 g/mol. The number of fused-ring (bicyclic) bond motifs is 1. The number of aromatic carboxylic acids is 1. The maximum Gasteiger partial charge on any atom is 0.335 e. The molecule has 10 heteroatoms. The van der Waals surface area contributed by atoms with Gasteiger partial charge in [-0.25, -0.2) is 19.2 Å². The molecule has 1 aliphatic rings. The Kier molecular flexibility index (Phi) is 6.46. The highest BCUT2D eigenvalue weighted by Crippen LogP contribution is 2.34. The van der Waals surface area contributed by atoms with Crippen molar-refractivity contribution in [1.82, 2.24) is 20.6 Å². The Bertz CT molecular complexity index is 1360. The molecule has 0 saturated carbocycles. The van der Waals surface area contributed by atoms with Crippen molar-refractivity contribution in [1.29, 1.82) is 0 Å². The van der Waals surface area contributed by atoms with E-state index in [1.165, 1.54) is 18.2 Å². The fraction of sp³-hybridized carbons (Fsp3) is 0.240. The van der Waals surface area contributed by atoms with E-state index in [0.29, 0.717) is 29.5 Å². The van der Waals surface area contributed by atoms with E-state index >= 15 is 0 Å². The first kappa shape index (κ1) is 23.8. The summed E-state index contributed by atoms with van der Waals surface area (Å²) in [6.07, 6.45) is 1.24. The average Bonchev–Trinajstić information content (AvgIpc) is 3.22. The third-order valence-corrected chi connectivity index (χ3v) is 6.11. The molecule has 2 amide bonds. The number of nitrogens with zero attached hydrogens (tertiary/aromatic N) is 2. The Morgan fingerprint density at radius 2 is 1.80 bits per heavy atom. The van der Waals surface area contributed by atoms with Crippen LogP contribution in [0.15, 0.2) is 36.4 Å². The molecule has 0 bridgehead atoms. The third kappa shape index (κ3) is 4.96. The highest BCUT2D eigenvalue weighted by atomic mass is 19.1. The van der Waals surface area contributed by atoms with E-state index in [1.54, 1.807) is 32.0 Å². The van der Waals surface area contributed by atoms with Gasteiger partial charge in [-0.2, -0.15) is 0 Å². The van der Waals surface area contributed by atoms with Gasteiger partial charge in [0.2, 0.25) is 5.95 Å². The van der Waals surface area contributed by atoms with Crippen LogP contribution in [-0.2, 0) is 13.0 Å². The van der Waals surface area contributed by atoms with Crippen LogP contribution < -0.4 is 16.4 Å². The van der Waals surface area contributed by atoms with E-state index in [4.69, 9.17) is 5.73 Å². The van der Waals surface area contributed by atoms with Crippen molar-refractivity contribution in [3.8, 4) is 0 Å².